The lowest BCUT2D eigenvalue weighted by Crippen LogP contribution is -2.05. The second kappa shape index (κ2) is 5.97. The number of carbonyl (C=O) groups excluding carboxylic acids is 1. The second-order valence-corrected chi connectivity index (χ2v) is 2.98. The first-order valence-corrected chi connectivity index (χ1v) is 4.80. The molecule has 0 saturated heterocycles. The van der Waals surface area contributed by atoms with Gasteiger partial charge in [0, 0.05) is 6.08 Å². The number of rotatable bonds is 4. The summed E-state index contributed by atoms with van der Waals surface area (Å²) in [4.78, 5) is 11.2. The van der Waals surface area contributed by atoms with Gasteiger partial charge in [0.05, 0.1) is 5.69 Å². The molecule has 0 aliphatic rings. The van der Waals surface area contributed by atoms with Crippen molar-refractivity contribution in [3.8, 4) is 0 Å². The first-order chi connectivity index (χ1) is 6.83. The zero-order valence-corrected chi connectivity index (χ0v) is 8.31. The Morgan fingerprint density at radius 3 is 2.71 bits per heavy atom. The zero-order valence-electron chi connectivity index (χ0n) is 8.31. The van der Waals surface area contributed by atoms with Gasteiger partial charge in [0.25, 0.3) is 5.91 Å². The molecule has 0 aromatic heterocycles. The SMILES string of the molecule is CCC/C=C/C(=O)[N]c1ccccc1. The number of hydrogen-bond acceptors (Lipinski definition) is 1. The topological polar surface area (TPSA) is 31.2 Å². The number of carbonyl (C=O) groups is 1. The molecule has 2 nitrogen and oxygen atoms in total. The van der Waals surface area contributed by atoms with Crippen molar-refractivity contribution in [1.82, 2.24) is 5.32 Å². The number of unbranched alkanes of at least 4 members (excludes halogenated alkanes) is 1. The molecule has 1 amide bonds. The van der Waals surface area contributed by atoms with Gasteiger partial charge < -0.3 is 0 Å². The van der Waals surface area contributed by atoms with Crippen molar-refractivity contribution in [1.29, 1.82) is 0 Å². The van der Waals surface area contributed by atoms with E-state index in [0.717, 1.165) is 12.8 Å². The van der Waals surface area contributed by atoms with Gasteiger partial charge in [-0.1, -0.05) is 37.6 Å². The number of hydrogen-bond donors (Lipinski definition) is 0. The first kappa shape index (κ1) is 10.5. The van der Waals surface area contributed by atoms with Crippen molar-refractivity contribution >= 4 is 11.6 Å². The molecule has 1 radical (unpaired) electrons. The summed E-state index contributed by atoms with van der Waals surface area (Å²) < 4.78 is 0. The molecule has 0 N–H and O–H groups in total. The van der Waals surface area contributed by atoms with Crippen molar-refractivity contribution in [2.45, 2.75) is 19.8 Å². The highest BCUT2D eigenvalue weighted by atomic mass is 16.1. The highest BCUT2D eigenvalue weighted by Gasteiger charge is 1.97. The van der Waals surface area contributed by atoms with E-state index in [9.17, 15) is 4.79 Å². The van der Waals surface area contributed by atoms with Gasteiger partial charge in [0.1, 0.15) is 0 Å². The maximum atomic E-state index is 11.2. The van der Waals surface area contributed by atoms with Crippen LogP contribution in [0.2, 0.25) is 0 Å². The molecular weight excluding hydrogens is 174 g/mol. The molecule has 0 fully saturated rings. The molecule has 0 atom stereocenters. The fourth-order valence-corrected chi connectivity index (χ4v) is 1.02. The molecule has 0 aliphatic heterocycles. The average molecular weight is 188 g/mol. The van der Waals surface area contributed by atoms with Crippen LogP contribution in [-0.2, 0) is 4.79 Å². The molecule has 1 rings (SSSR count). The Kier molecular flexibility index (Phi) is 4.48. The first-order valence-electron chi connectivity index (χ1n) is 4.80. The second-order valence-electron chi connectivity index (χ2n) is 2.98. The summed E-state index contributed by atoms with van der Waals surface area (Å²) in [7, 11) is 0. The Labute approximate surface area is 84.6 Å². The predicted octanol–water partition coefficient (Wildman–Crippen LogP) is 2.81. The fourth-order valence-electron chi connectivity index (χ4n) is 1.02. The van der Waals surface area contributed by atoms with Crippen LogP contribution in [0.5, 0.6) is 0 Å². The van der Waals surface area contributed by atoms with Crippen molar-refractivity contribution in [3.63, 3.8) is 0 Å². The molecule has 0 bridgehead atoms. The molecular formula is C12H14NO. The van der Waals surface area contributed by atoms with E-state index in [1.54, 1.807) is 0 Å². The van der Waals surface area contributed by atoms with Crippen molar-refractivity contribution in [3.05, 3.63) is 42.5 Å². The molecule has 14 heavy (non-hydrogen) atoms. The van der Waals surface area contributed by atoms with Crippen LogP contribution in [0.3, 0.4) is 0 Å². The van der Waals surface area contributed by atoms with Crippen LogP contribution < -0.4 is 5.32 Å². The van der Waals surface area contributed by atoms with Gasteiger partial charge in [-0.05, 0) is 18.6 Å². The van der Waals surface area contributed by atoms with Gasteiger partial charge in [0.2, 0.25) is 0 Å². The summed E-state index contributed by atoms with van der Waals surface area (Å²) in [6.07, 6.45) is 5.36. The Morgan fingerprint density at radius 1 is 1.36 bits per heavy atom. The van der Waals surface area contributed by atoms with Crippen LogP contribution in [0.15, 0.2) is 42.5 Å². The number of para-hydroxylation sites is 1. The van der Waals surface area contributed by atoms with Crippen molar-refractivity contribution in [2.75, 3.05) is 0 Å². The smallest absolute Gasteiger partial charge is 0.267 e. The number of amides is 1. The lowest BCUT2D eigenvalue weighted by molar-refractivity contribution is -0.115. The highest BCUT2D eigenvalue weighted by Crippen LogP contribution is 2.05. The zero-order chi connectivity index (χ0) is 10.2. The Balaban J connectivity index is 2.42. The van der Waals surface area contributed by atoms with Crippen molar-refractivity contribution in [2.24, 2.45) is 0 Å². The summed E-state index contributed by atoms with van der Waals surface area (Å²) in [6, 6.07) is 9.25. The Morgan fingerprint density at radius 2 is 2.07 bits per heavy atom. The van der Waals surface area contributed by atoms with E-state index in [1.807, 2.05) is 36.4 Å². The lowest BCUT2D eigenvalue weighted by atomic mass is 10.3. The van der Waals surface area contributed by atoms with Gasteiger partial charge in [0.15, 0.2) is 0 Å². The molecule has 73 valence electrons. The largest absolute Gasteiger partial charge is 0.269 e. The van der Waals surface area contributed by atoms with Gasteiger partial charge in [-0.15, -0.1) is 0 Å². The third-order valence-electron chi connectivity index (χ3n) is 1.71. The summed E-state index contributed by atoms with van der Waals surface area (Å²) in [5.41, 5.74) is 0.707. The van der Waals surface area contributed by atoms with E-state index in [0.29, 0.717) is 5.69 Å². The Hall–Kier alpha value is -1.57. The van der Waals surface area contributed by atoms with E-state index in [4.69, 9.17) is 0 Å². The van der Waals surface area contributed by atoms with E-state index >= 15 is 0 Å². The molecule has 0 heterocycles. The summed E-state index contributed by atoms with van der Waals surface area (Å²) in [5, 5.41) is 3.91. The molecule has 0 saturated carbocycles. The van der Waals surface area contributed by atoms with Gasteiger partial charge in [-0.2, -0.15) is 0 Å². The summed E-state index contributed by atoms with van der Waals surface area (Å²) in [5.74, 6) is -0.190. The third-order valence-corrected chi connectivity index (χ3v) is 1.71. The van der Waals surface area contributed by atoms with E-state index in [1.165, 1.54) is 6.08 Å². The molecule has 2 heteroatoms. The van der Waals surface area contributed by atoms with Gasteiger partial charge >= 0.3 is 0 Å². The van der Waals surface area contributed by atoms with Crippen LogP contribution in [0.4, 0.5) is 5.69 Å². The monoisotopic (exact) mass is 188 g/mol. The van der Waals surface area contributed by atoms with E-state index in [2.05, 4.69) is 12.2 Å². The standard InChI is InChI=1S/C12H14NO/c1-2-3-5-10-12(14)13-11-8-6-4-7-9-11/h4-10H,2-3H2,1H3/b10-5+. The number of allylic oxidation sites excluding steroid dienone is 1. The lowest BCUT2D eigenvalue weighted by Gasteiger charge is -1.96. The van der Waals surface area contributed by atoms with E-state index < -0.39 is 0 Å². The molecule has 0 unspecified atom stereocenters. The van der Waals surface area contributed by atoms with Crippen LogP contribution >= 0.6 is 0 Å². The normalized spacial score (nSPS) is 10.4. The Bertz CT molecular complexity index is 303. The minimum atomic E-state index is -0.190. The van der Waals surface area contributed by atoms with E-state index in [-0.39, 0.29) is 5.91 Å². The highest BCUT2D eigenvalue weighted by molar-refractivity contribution is 5.90. The molecule has 0 spiro atoms. The van der Waals surface area contributed by atoms with Crippen LogP contribution in [0.25, 0.3) is 0 Å². The molecule has 1 aromatic carbocycles. The summed E-state index contributed by atoms with van der Waals surface area (Å²) >= 11 is 0. The van der Waals surface area contributed by atoms with Gasteiger partial charge in [-0.3, -0.25) is 4.79 Å². The minimum absolute atomic E-state index is 0.190. The van der Waals surface area contributed by atoms with Crippen LogP contribution in [-0.4, -0.2) is 5.91 Å². The quantitative estimate of drug-likeness (QED) is 0.668. The fraction of sp³-hybridized carbons (Fsp3) is 0.250. The number of benzene rings is 1. The maximum absolute atomic E-state index is 11.2. The van der Waals surface area contributed by atoms with Gasteiger partial charge in [-0.25, -0.2) is 5.32 Å². The van der Waals surface area contributed by atoms with Crippen LogP contribution in [0, 0.1) is 0 Å². The minimum Gasteiger partial charge on any atom is -0.267 e. The van der Waals surface area contributed by atoms with Crippen molar-refractivity contribution < 1.29 is 4.79 Å². The third kappa shape index (κ3) is 3.90. The van der Waals surface area contributed by atoms with Crippen LogP contribution in [0.1, 0.15) is 19.8 Å². The molecule has 1 aromatic rings. The predicted molar refractivity (Wildman–Crippen MR) is 57.3 cm³/mol. The number of nitrogens with zero attached hydrogens (tertiary/aromatic N) is 1. The maximum Gasteiger partial charge on any atom is 0.269 e. The molecule has 0 aliphatic carbocycles. The average Bonchev–Trinajstić information content (AvgIpc) is 2.20. The summed E-state index contributed by atoms with van der Waals surface area (Å²) in [6.45, 7) is 2.07.